The maximum atomic E-state index is 10.4. The van der Waals surface area contributed by atoms with E-state index in [0.29, 0.717) is 6.42 Å². The summed E-state index contributed by atoms with van der Waals surface area (Å²) in [6.45, 7) is 4.18. The van der Waals surface area contributed by atoms with E-state index in [1.165, 1.54) is 17.4 Å². The molecule has 1 aliphatic rings. The molecule has 0 aromatic carbocycles. The molecule has 4 heteroatoms. The van der Waals surface area contributed by atoms with Crippen LogP contribution in [0.5, 0.6) is 0 Å². The Hall–Kier alpha value is 0.136. The lowest BCUT2D eigenvalue weighted by Crippen LogP contribution is -1.95. The van der Waals surface area contributed by atoms with E-state index in [9.17, 15) is 9.59 Å². The second kappa shape index (κ2) is 19.5. The van der Waals surface area contributed by atoms with Crippen molar-refractivity contribution in [3.8, 4) is 0 Å². The van der Waals surface area contributed by atoms with E-state index in [2.05, 4.69) is 6.92 Å². The Morgan fingerprint density at radius 2 is 2.11 bits per heavy atom. The molecule has 0 heterocycles. The summed E-state index contributed by atoms with van der Waals surface area (Å²) < 4.78 is 1.32. The van der Waals surface area contributed by atoms with Crippen molar-refractivity contribution in [2.75, 3.05) is 0 Å². The lowest BCUT2D eigenvalue weighted by Gasteiger charge is -1.97. The molecule has 0 fully saturated rings. The zero-order valence-electron chi connectivity index (χ0n) is 11.8. The van der Waals surface area contributed by atoms with Gasteiger partial charge in [-0.3, -0.25) is 4.79 Å². The van der Waals surface area contributed by atoms with Crippen LogP contribution in [0.3, 0.4) is 0 Å². The Morgan fingerprint density at radius 3 is 2.28 bits per heavy atom. The lowest BCUT2D eigenvalue weighted by molar-refractivity contribution is -0.115. The van der Waals surface area contributed by atoms with Gasteiger partial charge in [-0.15, -0.1) is 4.55 Å². The van der Waals surface area contributed by atoms with Crippen molar-refractivity contribution in [2.45, 2.75) is 63.3 Å². The fourth-order valence-corrected chi connectivity index (χ4v) is 2.41. The molecule has 1 aliphatic carbocycles. The van der Waals surface area contributed by atoms with E-state index < -0.39 is 0 Å². The number of carbonyl (C=O) groups is 2. The molecule has 0 amide bonds. The highest BCUT2D eigenvalue weighted by molar-refractivity contribution is 6.93. The summed E-state index contributed by atoms with van der Waals surface area (Å²) in [7, 11) is 5.52. The van der Waals surface area contributed by atoms with Gasteiger partial charge in [0.1, 0.15) is 6.29 Å². The molecular weight excluding hydrogens is 260 g/mol. The van der Waals surface area contributed by atoms with E-state index in [1.54, 1.807) is 6.08 Å². The summed E-state index contributed by atoms with van der Waals surface area (Å²) in [4.78, 5) is 19.8. The number of aldehydes is 1. The van der Waals surface area contributed by atoms with E-state index >= 15 is 0 Å². The highest BCUT2D eigenvalue weighted by Crippen LogP contribution is 2.04. The lowest BCUT2D eigenvalue weighted by atomic mass is 10.1. The monoisotopic (exact) mass is 284 g/mol. The van der Waals surface area contributed by atoms with Gasteiger partial charge < -0.3 is 13.9 Å². The predicted molar refractivity (Wildman–Crippen MR) is 80.3 cm³/mol. The number of ketones is 1. The largest absolute Gasteiger partial charge is 0.501 e. The van der Waals surface area contributed by atoms with Crippen LogP contribution in [0.1, 0.15) is 58.8 Å². The number of carbonyl (C=O) groups excluding carboxylic acids is 2. The van der Waals surface area contributed by atoms with Gasteiger partial charge in [-0.05, 0) is 25.3 Å². The zero-order valence-corrected chi connectivity index (χ0v) is 14.0. The van der Waals surface area contributed by atoms with Crippen LogP contribution in [0.4, 0.5) is 0 Å². The molecule has 0 N–H and O–H groups in total. The number of hydrogen-bond donors (Lipinski definition) is 0. The quantitative estimate of drug-likeness (QED) is 0.427. The standard InChI is InChI=1S/C6H8O.C4H8O.C4H9.ClH.Mg/c7-6-4-2-1-3-5-6;1-2-3-4-5;1-3-4-2;;/h2,4H,1,3,5H2;4H,2-3H2,1H3;1,3-4H2,2H3;1H;/q;;;;+1/p-1. The summed E-state index contributed by atoms with van der Waals surface area (Å²) in [5.41, 5.74) is 0. The van der Waals surface area contributed by atoms with Gasteiger partial charge in [-0.25, -0.2) is 0 Å². The first-order valence-electron chi connectivity index (χ1n) is 6.91. The molecule has 0 atom stereocenters. The summed E-state index contributed by atoms with van der Waals surface area (Å²) >= 11 is -0.125. The van der Waals surface area contributed by atoms with Crippen LogP contribution >= 0.6 is 9.07 Å². The van der Waals surface area contributed by atoms with E-state index in [4.69, 9.17) is 9.07 Å². The van der Waals surface area contributed by atoms with Crippen LogP contribution in [-0.4, -0.2) is 31.3 Å². The smallest absolute Gasteiger partial charge is 0.346 e. The minimum absolute atomic E-state index is 0.125. The van der Waals surface area contributed by atoms with Gasteiger partial charge in [-0.2, -0.15) is 0 Å². The summed E-state index contributed by atoms with van der Waals surface area (Å²) in [6.07, 6.45) is 11.8. The van der Waals surface area contributed by atoms with Crippen molar-refractivity contribution in [3.05, 3.63) is 12.2 Å². The molecule has 0 saturated heterocycles. The number of unbranched alkanes of at least 4 members (excludes halogenated alkanes) is 2. The third kappa shape index (κ3) is 21.4. The van der Waals surface area contributed by atoms with Gasteiger partial charge in [0.15, 0.2) is 5.78 Å². The molecular formula is C14H25ClMgO2. The van der Waals surface area contributed by atoms with Crippen molar-refractivity contribution in [1.82, 2.24) is 0 Å². The van der Waals surface area contributed by atoms with Crippen molar-refractivity contribution in [2.24, 2.45) is 0 Å². The third-order valence-corrected chi connectivity index (χ3v) is 3.81. The molecule has 0 aromatic heterocycles. The van der Waals surface area contributed by atoms with Gasteiger partial charge in [-0.1, -0.05) is 32.8 Å². The van der Waals surface area contributed by atoms with Crippen LogP contribution in [0.25, 0.3) is 0 Å². The first-order chi connectivity index (χ1) is 8.72. The van der Waals surface area contributed by atoms with Gasteiger partial charge in [0.05, 0.1) is 0 Å². The van der Waals surface area contributed by atoms with Crippen molar-refractivity contribution < 1.29 is 9.59 Å². The van der Waals surface area contributed by atoms with E-state index in [-0.39, 0.29) is 25.0 Å². The van der Waals surface area contributed by atoms with Gasteiger partial charge >= 0.3 is 19.3 Å². The van der Waals surface area contributed by atoms with Crippen LogP contribution in [0.15, 0.2) is 12.2 Å². The first kappa shape index (κ1) is 20.5. The normalized spacial score (nSPS) is 12.5. The minimum atomic E-state index is -0.125. The SMILES string of the molecule is CCCC=O.CCC[CH2][Mg][Cl].O=C1C=CCCC1. The van der Waals surface area contributed by atoms with Crippen molar-refractivity contribution in [1.29, 1.82) is 0 Å². The molecule has 0 spiro atoms. The van der Waals surface area contributed by atoms with Crippen LogP contribution in [-0.2, 0) is 9.59 Å². The number of rotatable bonds is 5. The second-order valence-corrected chi connectivity index (χ2v) is 6.33. The van der Waals surface area contributed by atoms with E-state index in [1.807, 2.05) is 13.0 Å². The molecule has 1 rings (SSSR count). The fraction of sp³-hybridized carbons (Fsp3) is 0.714. The average molecular weight is 285 g/mol. The topological polar surface area (TPSA) is 34.1 Å². The first-order valence-corrected chi connectivity index (χ1v) is 10.1. The maximum absolute atomic E-state index is 10.4. The molecule has 2 nitrogen and oxygen atoms in total. The van der Waals surface area contributed by atoms with Crippen LogP contribution in [0.2, 0.25) is 4.55 Å². The van der Waals surface area contributed by atoms with Gasteiger partial charge in [0, 0.05) is 12.8 Å². The highest BCUT2D eigenvalue weighted by Gasteiger charge is 1.98. The number of hydrogen-bond acceptors (Lipinski definition) is 2. The Morgan fingerprint density at radius 1 is 1.39 bits per heavy atom. The number of halogens is 1. The molecule has 18 heavy (non-hydrogen) atoms. The molecule has 102 valence electrons. The Labute approximate surface area is 125 Å². The van der Waals surface area contributed by atoms with Crippen molar-refractivity contribution >= 4 is 40.4 Å². The summed E-state index contributed by atoms with van der Waals surface area (Å²) in [5.74, 6) is 0.284. The second-order valence-electron chi connectivity index (χ2n) is 4.11. The highest BCUT2D eigenvalue weighted by atomic mass is 35.5. The van der Waals surface area contributed by atoms with E-state index in [0.717, 1.165) is 32.0 Å². The minimum Gasteiger partial charge on any atom is -0.346 e. The molecule has 0 aromatic rings. The third-order valence-electron chi connectivity index (χ3n) is 2.24. The average Bonchev–Trinajstić information content (AvgIpc) is 2.40. The molecule has 0 aliphatic heterocycles. The van der Waals surface area contributed by atoms with Crippen molar-refractivity contribution in [3.63, 3.8) is 0 Å². The Balaban J connectivity index is 0. The molecule has 0 saturated carbocycles. The molecule has 0 bridgehead atoms. The molecule has 0 unspecified atom stereocenters. The van der Waals surface area contributed by atoms with Crippen LogP contribution in [0, 0.1) is 0 Å². The maximum Gasteiger partial charge on any atom is 0.501 e. The predicted octanol–water partition coefficient (Wildman–Crippen LogP) is 4.34. The molecule has 0 radical (unpaired) electrons. The Bertz CT molecular complexity index is 214. The summed E-state index contributed by atoms with van der Waals surface area (Å²) in [6, 6.07) is 0. The summed E-state index contributed by atoms with van der Waals surface area (Å²) in [5, 5.41) is 0. The van der Waals surface area contributed by atoms with Gasteiger partial charge in [0.2, 0.25) is 0 Å². The number of allylic oxidation sites excluding steroid dienone is 2. The zero-order chi connectivity index (χ0) is 14.1. The van der Waals surface area contributed by atoms with Crippen LogP contribution < -0.4 is 0 Å². The van der Waals surface area contributed by atoms with Gasteiger partial charge in [0.25, 0.3) is 0 Å². The fourth-order valence-electron chi connectivity index (χ4n) is 1.15. The Kier molecular flexibility index (Phi) is 22.1.